The van der Waals surface area contributed by atoms with Crippen LogP contribution in [0.25, 0.3) is 33.3 Å². The van der Waals surface area contributed by atoms with E-state index in [1.165, 1.54) is 28.0 Å². The Bertz CT molecular complexity index is 2200. The summed E-state index contributed by atoms with van der Waals surface area (Å²) in [5, 5.41) is 4.19. The molecule has 0 spiro atoms. The van der Waals surface area contributed by atoms with Crippen LogP contribution >= 0.6 is 11.3 Å². The van der Waals surface area contributed by atoms with Gasteiger partial charge in [0, 0.05) is 5.56 Å². The number of carbonyl (C=O) groups excluding carboxylic acids is 1. The summed E-state index contributed by atoms with van der Waals surface area (Å²) in [5.74, 6) is -0.988. The lowest BCUT2D eigenvalue weighted by Gasteiger charge is -2.25. The molecule has 0 unspecified atom stereocenters. The Hall–Kier alpha value is -5.14. The second kappa shape index (κ2) is 10.9. The van der Waals surface area contributed by atoms with Crippen LogP contribution in [0.4, 0.5) is 4.39 Å². The monoisotopic (exact) mass is 584 g/mol. The van der Waals surface area contributed by atoms with E-state index in [4.69, 9.17) is 9.73 Å². The predicted molar refractivity (Wildman–Crippen MR) is 169 cm³/mol. The molecule has 6 aromatic rings. The average Bonchev–Trinajstić information content (AvgIpc) is 3.35. The Kier molecular flexibility index (Phi) is 6.80. The number of thiazole rings is 1. The summed E-state index contributed by atoms with van der Waals surface area (Å²) in [4.78, 5) is 33.3. The molecule has 0 saturated heterocycles. The molecule has 0 aliphatic carbocycles. The molecule has 5 aromatic carbocycles. The highest BCUT2D eigenvalue weighted by Crippen LogP contribution is 2.35. The molecule has 0 fully saturated rings. The zero-order chi connectivity index (χ0) is 29.5. The molecular formula is C36H25FN2O3S. The van der Waals surface area contributed by atoms with Gasteiger partial charge in [0.2, 0.25) is 0 Å². The zero-order valence-corrected chi connectivity index (χ0v) is 24.0. The third-order valence-electron chi connectivity index (χ3n) is 7.65. The van der Waals surface area contributed by atoms with Crippen molar-refractivity contribution < 1.29 is 13.9 Å². The summed E-state index contributed by atoms with van der Waals surface area (Å²) in [6.45, 7) is 1.89. The molecule has 0 saturated carbocycles. The van der Waals surface area contributed by atoms with Gasteiger partial charge in [-0.15, -0.1) is 0 Å². The standard InChI is InChI=1S/C36H25FN2O3S/c1-2-42-35(41)31-32(22-10-4-3-5-11-22)38-36-39(33(31)23-16-18-26(37)19-17-23)34(40)30(43-36)21-29-27-14-8-6-12-24(27)20-25-13-7-9-15-28(25)29/h3-21,33H,2H2,1H3/b30-21-/t33-/m1/s1. The highest BCUT2D eigenvalue weighted by molar-refractivity contribution is 7.07. The van der Waals surface area contributed by atoms with Crippen LogP contribution in [0, 0.1) is 5.82 Å². The molecule has 1 aliphatic rings. The number of carbonyl (C=O) groups is 1. The van der Waals surface area contributed by atoms with Gasteiger partial charge in [-0.05, 0) is 63.9 Å². The highest BCUT2D eigenvalue weighted by atomic mass is 32.1. The molecule has 0 N–H and O–H groups in total. The maximum Gasteiger partial charge on any atom is 0.338 e. The number of benzene rings is 5. The van der Waals surface area contributed by atoms with Crippen molar-refractivity contribution in [3.63, 3.8) is 0 Å². The molecule has 43 heavy (non-hydrogen) atoms. The largest absolute Gasteiger partial charge is 0.463 e. The van der Waals surface area contributed by atoms with Crippen molar-refractivity contribution in [3.05, 3.63) is 157 Å². The predicted octanol–water partition coefficient (Wildman–Crippen LogP) is 6.38. The summed E-state index contributed by atoms with van der Waals surface area (Å²) in [7, 11) is 0. The summed E-state index contributed by atoms with van der Waals surface area (Å²) >= 11 is 1.27. The SMILES string of the molecule is CCOC(=O)C1=C(c2ccccc2)N=c2s/c(=C\c3c4ccccc4cc4ccccc34)c(=O)n2[C@@H]1c1ccc(F)cc1. The van der Waals surface area contributed by atoms with Gasteiger partial charge in [0.1, 0.15) is 5.82 Å². The van der Waals surface area contributed by atoms with E-state index in [0.29, 0.717) is 20.6 Å². The van der Waals surface area contributed by atoms with Gasteiger partial charge in [-0.2, -0.15) is 0 Å². The molecule has 1 aliphatic heterocycles. The van der Waals surface area contributed by atoms with Crippen LogP contribution in [0.15, 0.2) is 125 Å². The van der Waals surface area contributed by atoms with Gasteiger partial charge < -0.3 is 4.74 Å². The fourth-order valence-electron chi connectivity index (χ4n) is 5.74. The summed E-state index contributed by atoms with van der Waals surface area (Å²) in [6, 6.07) is 32.7. The number of ether oxygens (including phenoxy) is 1. The number of esters is 1. The average molecular weight is 585 g/mol. The van der Waals surface area contributed by atoms with Crippen molar-refractivity contribution in [2.45, 2.75) is 13.0 Å². The molecule has 5 nitrogen and oxygen atoms in total. The van der Waals surface area contributed by atoms with Crippen molar-refractivity contribution in [2.75, 3.05) is 6.61 Å². The maximum atomic E-state index is 14.3. The van der Waals surface area contributed by atoms with Gasteiger partial charge in [-0.25, -0.2) is 14.2 Å². The highest BCUT2D eigenvalue weighted by Gasteiger charge is 2.35. The molecule has 0 bridgehead atoms. The van der Waals surface area contributed by atoms with E-state index < -0.39 is 17.8 Å². The van der Waals surface area contributed by atoms with Crippen LogP contribution in [0.2, 0.25) is 0 Å². The van der Waals surface area contributed by atoms with Gasteiger partial charge in [0.15, 0.2) is 4.80 Å². The molecule has 7 heteroatoms. The van der Waals surface area contributed by atoms with E-state index in [1.807, 2.05) is 60.7 Å². The van der Waals surface area contributed by atoms with E-state index in [2.05, 4.69) is 30.3 Å². The van der Waals surface area contributed by atoms with Gasteiger partial charge in [0.25, 0.3) is 5.56 Å². The Morgan fingerprint density at radius 3 is 2.19 bits per heavy atom. The van der Waals surface area contributed by atoms with Gasteiger partial charge in [0.05, 0.1) is 28.5 Å². The molecule has 0 radical (unpaired) electrons. The molecule has 1 aromatic heterocycles. The zero-order valence-electron chi connectivity index (χ0n) is 23.2. The first-order chi connectivity index (χ1) is 21.0. The van der Waals surface area contributed by atoms with Gasteiger partial charge in [-0.3, -0.25) is 9.36 Å². The lowest BCUT2D eigenvalue weighted by molar-refractivity contribution is -0.138. The first kappa shape index (κ1) is 26.7. The molecule has 0 amide bonds. The third kappa shape index (κ3) is 4.68. The van der Waals surface area contributed by atoms with Crippen molar-refractivity contribution >= 4 is 50.6 Å². The third-order valence-corrected chi connectivity index (χ3v) is 8.63. The Balaban J connectivity index is 1.56. The lowest BCUT2D eigenvalue weighted by atomic mass is 9.93. The summed E-state index contributed by atoms with van der Waals surface area (Å²) < 4.78 is 21.6. The van der Waals surface area contributed by atoms with Crippen LogP contribution in [0.5, 0.6) is 0 Å². The van der Waals surface area contributed by atoms with E-state index in [-0.39, 0.29) is 17.7 Å². The fraction of sp³-hybridized carbons (Fsp3) is 0.0833. The van der Waals surface area contributed by atoms with Crippen LogP contribution in [0.3, 0.4) is 0 Å². The van der Waals surface area contributed by atoms with Crippen molar-refractivity contribution in [2.24, 2.45) is 4.99 Å². The minimum absolute atomic E-state index is 0.152. The van der Waals surface area contributed by atoms with Crippen LogP contribution in [-0.2, 0) is 9.53 Å². The number of halogens is 1. The number of hydrogen-bond donors (Lipinski definition) is 0. The quantitative estimate of drug-likeness (QED) is 0.175. The summed E-state index contributed by atoms with van der Waals surface area (Å²) in [5.41, 5.74) is 2.60. The smallest absolute Gasteiger partial charge is 0.338 e. The minimum Gasteiger partial charge on any atom is -0.463 e. The normalized spacial score (nSPS) is 15.0. The number of fused-ring (bicyclic) bond motifs is 3. The lowest BCUT2D eigenvalue weighted by Crippen LogP contribution is -2.40. The topological polar surface area (TPSA) is 60.7 Å². The molecule has 2 heterocycles. The Morgan fingerprint density at radius 2 is 1.53 bits per heavy atom. The number of nitrogens with zero attached hydrogens (tertiary/aromatic N) is 2. The Labute approximate surface area is 250 Å². The van der Waals surface area contributed by atoms with Crippen molar-refractivity contribution in [1.29, 1.82) is 0 Å². The minimum atomic E-state index is -0.863. The number of rotatable bonds is 5. The van der Waals surface area contributed by atoms with Crippen molar-refractivity contribution in [3.8, 4) is 0 Å². The molecular weight excluding hydrogens is 559 g/mol. The number of aromatic nitrogens is 1. The fourth-order valence-corrected chi connectivity index (χ4v) is 6.72. The molecule has 1 atom stereocenters. The van der Waals surface area contributed by atoms with Crippen molar-refractivity contribution in [1.82, 2.24) is 4.57 Å². The first-order valence-electron chi connectivity index (χ1n) is 14.0. The van der Waals surface area contributed by atoms with Crippen LogP contribution in [0.1, 0.15) is 29.7 Å². The van der Waals surface area contributed by atoms with Gasteiger partial charge in [-0.1, -0.05) is 102 Å². The summed E-state index contributed by atoms with van der Waals surface area (Å²) in [6.07, 6.45) is 1.92. The molecule has 7 rings (SSSR count). The van der Waals surface area contributed by atoms with E-state index >= 15 is 0 Å². The second-order valence-electron chi connectivity index (χ2n) is 10.2. The Morgan fingerprint density at radius 1 is 0.907 bits per heavy atom. The van der Waals surface area contributed by atoms with E-state index in [9.17, 15) is 14.0 Å². The van der Waals surface area contributed by atoms with E-state index in [1.54, 1.807) is 19.1 Å². The number of hydrogen-bond acceptors (Lipinski definition) is 5. The second-order valence-corrected chi connectivity index (χ2v) is 11.2. The first-order valence-corrected chi connectivity index (χ1v) is 14.8. The van der Waals surface area contributed by atoms with Crippen LogP contribution < -0.4 is 14.9 Å². The van der Waals surface area contributed by atoms with Gasteiger partial charge >= 0.3 is 5.97 Å². The maximum absolute atomic E-state index is 14.3. The molecule has 210 valence electrons. The van der Waals surface area contributed by atoms with Crippen LogP contribution in [-0.4, -0.2) is 17.1 Å². The van der Waals surface area contributed by atoms with E-state index in [0.717, 1.165) is 32.7 Å².